The number of hydrogen-bond donors (Lipinski definition) is 1. The van der Waals surface area contributed by atoms with Gasteiger partial charge in [0.1, 0.15) is 0 Å². The predicted octanol–water partition coefficient (Wildman–Crippen LogP) is -0.168. The Morgan fingerprint density at radius 1 is 1.42 bits per heavy atom. The normalized spacial score (nSPS) is 23.8. The number of ether oxygens (including phenoxy) is 1. The van der Waals surface area contributed by atoms with Crippen LogP contribution in [0.25, 0.3) is 0 Å². The average Bonchev–Trinajstić information content (AvgIpc) is 2.95. The summed E-state index contributed by atoms with van der Waals surface area (Å²) in [7, 11) is 0. The molecule has 0 aromatic carbocycles. The quantitative estimate of drug-likeness (QED) is 0.821. The SMILES string of the molecule is O=c1cc(N2CCOCC2)cnn1C[C@@H]1CCCN1. The van der Waals surface area contributed by atoms with Crippen LogP contribution in [0.1, 0.15) is 12.8 Å². The fraction of sp³-hybridized carbons (Fsp3) is 0.692. The third-order valence-corrected chi connectivity index (χ3v) is 3.79. The topological polar surface area (TPSA) is 59.4 Å². The molecule has 0 bridgehead atoms. The standard InChI is InChI=1S/C13H20N4O2/c18-13-8-12(16-4-6-19-7-5-16)9-15-17(13)10-11-2-1-3-14-11/h8-9,11,14H,1-7,10H2/t11-/m0/s1. The van der Waals surface area contributed by atoms with Gasteiger partial charge in [0.05, 0.1) is 31.6 Å². The van der Waals surface area contributed by atoms with Crippen LogP contribution in [-0.2, 0) is 11.3 Å². The lowest BCUT2D eigenvalue weighted by Crippen LogP contribution is -2.38. The van der Waals surface area contributed by atoms with Crippen molar-refractivity contribution in [2.75, 3.05) is 37.7 Å². The number of anilines is 1. The summed E-state index contributed by atoms with van der Waals surface area (Å²) >= 11 is 0. The van der Waals surface area contributed by atoms with Crippen LogP contribution >= 0.6 is 0 Å². The Bertz CT molecular complexity index is 476. The highest BCUT2D eigenvalue weighted by Gasteiger charge is 2.17. The van der Waals surface area contributed by atoms with Crippen molar-refractivity contribution in [2.24, 2.45) is 0 Å². The van der Waals surface area contributed by atoms with E-state index < -0.39 is 0 Å². The van der Waals surface area contributed by atoms with Gasteiger partial charge in [-0.1, -0.05) is 0 Å². The van der Waals surface area contributed by atoms with Gasteiger partial charge in [-0.2, -0.15) is 5.10 Å². The Hall–Kier alpha value is -1.40. The average molecular weight is 264 g/mol. The largest absolute Gasteiger partial charge is 0.378 e. The second-order valence-electron chi connectivity index (χ2n) is 5.13. The Labute approximate surface area is 112 Å². The van der Waals surface area contributed by atoms with Crippen molar-refractivity contribution in [3.05, 3.63) is 22.6 Å². The van der Waals surface area contributed by atoms with Crippen molar-refractivity contribution < 1.29 is 4.74 Å². The van der Waals surface area contributed by atoms with Gasteiger partial charge in [-0.15, -0.1) is 0 Å². The molecule has 1 aromatic rings. The van der Waals surface area contributed by atoms with E-state index in [1.807, 2.05) is 0 Å². The minimum Gasteiger partial charge on any atom is -0.378 e. The van der Waals surface area contributed by atoms with E-state index in [4.69, 9.17) is 4.74 Å². The van der Waals surface area contributed by atoms with Crippen molar-refractivity contribution in [1.29, 1.82) is 0 Å². The van der Waals surface area contributed by atoms with Crippen LogP contribution in [0.3, 0.4) is 0 Å². The molecule has 6 nitrogen and oxygen atoms in total. The number of rotatable bonds is 3. The highest BCUT2D eigenvalue weighted by atomic mass is 16.5. The predicted molar refractivity (Wildman–Crippen MR) is 72.6 cm³/mol. The van der Waals surface area contributed by atoms with Gasteiger partial charge in [0.25, 0.3) is 5.56 Å². The van der Waals surface area contributed by atoms with Crippen LogP contribution in [0, 0.1) is 0 Å². The molecule has 104 valence electrons. The van der Waals surface area contributed by atoms with Gasteiger partial charge in [0.2, 0.25) is 0 Å². The zero-order chi connectivity index (χ0) is 13.1. The van der Waals surface area contributed by atoms with Crippen molar-refractivity contribution in [3.63, 3.8) is 0 Å². The first-order valence-electron chi connectivity index (χ1n) is 6.96. The lowest BCUT2D eigenvalue weighted by atomic mass is 10.2. The lowest BCUT2D eigenvalue weighted by molar-refractivity contribution is 0.122. The van der Waals surface area contributed by atoms with E-state index in [1.165, 1.54) is 6.42 Å². The number of nitrogens with one attached hydrogen (secondary N) is 1. The second-order valence-corrected chi connectivity index (χ2v) is 5.13. The molecule has 0 unspecified atom stereocenters. The van der Waals surface area contributed by atoms with Gasteiger partial charge >= 0.3 is 0 Å². The molecule has 2 aliphatic rings. The molecule has 0 aliphatic carbocycles. The van der Waals surface area contributed by atoms with E-state index in [0.29, 0.717) is 12.6 Å². The van der Waals surface area contributed by atoms with Crippen LogP contribution in [0.2, 0.25) is 0 Å². The number of nitrogens with zero attached hydrogens (tertiary/aromatic N) is 3. The maximum atomic E-state index is 12.1. The van der Waals surface area contributed by atoms with Gasteiger partial charge < -0.3 is 15.0 Å². The minimum atomic E-state index is -0.0160. The van der Waals surface area contributed by atoms with E-state index in [2.05, 4.69) is 15.3 Å². The molecule has 0 amide bonds. The monoisotopic (exact) mass is 264 g/mol. The fourth-order valence-electron chi connectivity index (χ4n) is 2.68. The van der Waals surface area contributed by atoms with Crippen molar-refractivity contribution in [3.8, 4) is 0 Å². The Morgan fingerprint density at radius 3 is 2.95 bits per heavy atom. The summed E-state index contributed by atoms with van der Waals surface area (Å²) in [4.78, 5) is 14.2. The highest BCUT2D eigenvalue weighted by Crippen LogP contribution is 2.12. The Morgan fingerprint density at radius 2 is 2.26 bits per heavy atom. The first kappa shape index (κ1) is 12.6. The molecule has 1 N–H and O–H groups in total. The fourth-order valence-corrected chi connectivity index (χ4v) is 2.68. The summed E-state index contributed by atoms with van der Waals surface area (Å²) in [5, 5.41) is 7.68. The van der Waals surface area contributed by atoms with E-state index in [-0.39, 0.29) is 5.56 Å². The van der Waals surface area contributed by atoms with Gasteiger partial charge in [0.15, 0.2) is 0 Å². The van der Waals surface area contributed by atoms with E-state index in [1.54, 1.807) is 16.9 Å². The molecule has 2 aliphatic heterocycles. The Kier molecular flexibility index (Phi) is 3.79. The van der Waals surface area contributed by atoms with Crippen molar-refractivity contribution in [1.82, 2.24) is 15.1 Å². The Balaban J connectivity index is 1.71. The molecule has 6 heteroatoms. The summed E-state index contributed by atoms with van der Waals surface area (Å²) in [5.74, 6) is 0. The van der Waals surface area contributed by atoms with E-state index in [0.717, 1.165) is 45.0 Å². The van der Waals surface area contributed by atoms with Crippen LogP contribution in [0.4, 0.5) is 5.69 Å². The second kappa shape index (κ2) is 5.71. The van der Waals surface area contributed by atoms with Crippen LogP contribution in [-0.4, -0.2) is 48.7 Å². The molecule has 2 fully saturated rings. The molecular formula is C13H20N4O2. The zero-order valence-corrected chi connectivity index (χ0v) is 11.0. The molecule has 3 heterocycles. The molecule has 1 aromatic heterocycles. The summed E-state index contributed by atoms with van der Waals surface area (Å²) in [6.07, 6.45) is 4.10. The summed E-state index contributed by atoms with van der Waals surface area (Å²) in [5.41, 5.74) is 0.890. The number of hydrogen-bond acceptors (Lipinski definition) is 5. The molecule has 0 saturated carbocycles. The summed E-state index contributed by atoms with van der Waals surface area (Å²) < 4.78 is 6.87. The molecule has 0 radical (unpaired) electrons. The molecule has 0 spiro atoms. The van der Waals surface area contributed by atoms with E-state index >= 15 is 0 Å². The third-order valence-electron chi connectivity index (χ3n) is 3.79. The smallest absolute Gasteiger partial charge is 0.268 e. The molecular weight excluding hydrogens is 244 g/mol. The third kappa shape index (κ3) is 2.96. The van der Waals surface area contributed by atoms with Crippen LogP contribution in [0.5, 0.6) is 0 Å². The van der Waals surface area contributed by atoms with Gasteiger partial charge in [-0.25, -0.2) is 4.68 Å². The molecule has 1 atom stereocenters. The molecule has 3 rings (SSSR count). The number of morpholine rings is 1. The summed E-state index contributed by atoms with van der Waals surface area (Å²) in [6.45, 7) is 4.81. The maximum absolute atomic E-state index is 12.1. The van der Waals surface area contributed by atoms with Gasteiger partial charge in [-0.3, -0.25) is 4.79 Å². The van der Waals surface area contributed by atoms with Crippen LogP contribution < -0.4 is 15.8 Å². The van der Waals surface area contributed by atoms with E-state index in [9.17, 15) is 4.79 Å². The number of aromatic nitrogens is 2. The highest BCUT2D eigenvalue weighted by molar-refractivity contribution is 5.43. The first-order chi connectivity index (χ1) is 9.33. The lowest BCUT2D eigenvalue weighted by Gasteiger charge is -2.28. The zero-order valence-electron chi connectivity index (χ0n) is 11.0. The van der Waals surface area contributed by atoms with Crippen molar-refractivity contribution >= 4 is 5.69 Å². The molecule has 2 saturated heterocycles. The van der Waals surface area contributed by atoms with Gasteiger partial charge in [0, 0.05) is 25.2 Å². The maximum Gasteiger partial charge on any atom is 0.268 e. The first-order valence-corrected chi connectivity index (χ1v) is 6.96. The summed E-state index contributed by atoms with van der Waals surface area (Å²) in [6, 6.07) is 2.08. The van der Waals surface area contributed by atoms with Crippen molar-refractivity contribution in [2.45, 2.75) is 25.4 Å². The molecule has 19 heavy (non-hydrogen) atoms. The minimum absolute atomic E-state index is 0.0160. The van der Waals surface area contributed by atoms with Gasteiger partial charge in [-0.05, 0) is 19.4 Å². The van der Waals surface area contributed by atoms with Crippen LogP contribution in [0.15, 0.2) is 17.1 Å².